The number of hydrogen-bond acceptors (Lipinski definition) is 1. The van der Waals surface area contributed by atoms with E-state index in [0.29, 0.717) is 0 Å². The molecule has 1 aliphatic rings. The fraction of sp³-hybridized carbons (Fsp3) is 0.308. The van der Waals surface area contributed by atoms with Crippen LogP contribution in [0.15, 0.2) is 36.4 Å². The molecule has 2 heteroatoms. The zero-order valence-electron chi connectivity index (χ0n) is 8.68. The van der Waals surface area contributed by atoms with Crippen molar-refractivity contribution in [2.45, 2.75) is 13.3 Å². The Bertz CT molecular complexity index is 392. The second-order valence-electron chi connectivity index (χ2n) is 4.06. The molecule has 1 saturated carbocycles. The number of benzene rings is 1. The maximum atomic E-state index is 10.7. The first-order chi connectivity index (χ1) is 7.18. The maximum absolute atomic E-state index is 10.7. The number of rotatable bonds is 3. The monoisotopic (exact) mass is 202 g/mol. The molecule has 0 aliphatic heterocycles. The van der Waals surface area contributed by atoms with E-state index < -0.39 is 5.97 Å². The van der Waals surface area contributed by atoms with Gasteiger partial charge in [-0.1, -0.05) is 36.4 Å². The van der Waals surface area contributed by atoms with Crippen molar-refractivity contribution in [3.63, 3.8) is 0 Å². The Kier molecular flexibility index (Phi) is 2.58. The lowest BCUT2D eigenvalue weighted by atomic mass is 10.1. The number of carbonyl (C=O) groups is 1. The first-order valence-corrected chi connectivity index (χ1v) is 5.15. The lowest BCUT2D eigenvalue weighted by molar-refractivity contribution is -0.138. The normalized spacial score (nSPS) is 25.0. The molecule has 1 aromatic rings. The highest BCUT2D eigenvalue weighted by Gasteiger charge is 2.41. The molecule has 0 bridgehead atoms. The van der Waals surface area contributed by atoms with E-state index in [4.69, 9.17) is 5.11 Å². The van der Waals surface area contributed by atoms with Gasteiger partial charge in [-0.2, -0.15) is 0 Å². The first kappa shape index (κ1) is 9.97. The van der Waals surface area contributed by atoms with Gasteiger partial charge in [0.15, 0.2) is 0 Å². The Morgan fingerprint density at radius 3 is 2.60 bits per heavy atom. The van der Waals surface area contributed by atoms with E-state index in [0.717, 1.165) is 6.42 Å². The van der Waals surface area contributed by atoms with E-state index >= 15 is 0 Å². The fourth-order valence-electron chi connectivity index (χ4n) is 1.80. The van der Waals surface area contributed by atoms with Crippen LogP contribution in [0, 0.1) is 11.8 Å². The van der Waals surface area contributed by atoms with Crippen LogP contribution in [0.1, 0.15) is 18.9 Å². The average molecular weight is 202 g/mol. The Labute approximate surface area is 89.2 Å². The number of allylic oxidation sites excluding steroid dienone is 2. The van der Waals surface area contributed by atoms with Gasteiger partial charge in [-0.25, -0.2) is 0 Å². The highest BCUT2D eigenvalue weighted by atomic mass is 16.4. The second-order valence-corrected chi connectivity index (χ2v) is 4.06. The van der Waals surface area contributed by atoms with Crippen molar-refractivity contribution >= 4 is 11.5 Å². The largest absolute Gasteiger partial charge is 0.481 e. The van der Waals surface area contributed by atoms with Gasteiger partial charge in [-0.15, -0.1) is 0 Å². The molecule has 2 rings (SSSR count). The zero-order chi connectivity index (χ0) is 10.8. The number of hydrogen-bond donors (Lipinski definition) is 1. The summed E-state index contributed by atoms with van der Waals surface area (Å²) in [5.41, 5.74) is 2.35. The van der Waals surface area contributed by atoms with Crippen molar-refractivity contribution in [3.8, 4) is 0 Å². The standard InChI is InChI=1S/C13H14O2/c1-9(10-5-3-2-4-6-10)7-11-8-12(11)13(14)15/h2-7,11-12H,8H2,1H3,(H,14,15). The molecule has 2 unspecified atom stereocenters. The SMILES string of the molecule is CC(=CC1CC1C(=O)O)c1ccccc1. The lowest BCUT2D eigenvalue weighted by Gasteiger charge is -2.00. The molecule has 15 heavy (non-hydrogen) atoms. The summed E-state index contributed by atoms with van der Waals surface area (Å²) in [4.78, 5) is 10.7. The van der Waals surface area contributed by atoms with E-state index in [1.807, 2.05) is 37.3 Å². The highest BCUT2D eigenvalue weighted by molar-refractivity contribution is 5.75. The average Bonchev–Trinajstić information content (AvgIpc) is 2.98. The molecule has 0 amide bonds. The van der Waals surface area contributed by atoms with Gasteiger partial charge in [0.25, 0.3) is 0 Å². The predicted molar refractivity (Wildman–Crippen MR) is 59.3 cm³/mol. The van der Waals surface area contributed by atoms with Gasteiger partial charge in [0.2, 0.25) is 0 Å². The lowest BCUT2D eigenvalue weighted by Crippen LogP contribution is -1.98. The summed E-state index contributed by atoms with van der Waals surface area (Å²) in [6.45, 7) is 2.03. The van der Waals surface area contributed by atoms with Gasteiger partial charge < -0.3 is 5.11 Å². The fourth-order valence-corrected chi connectivity index (χ4v) is 1.80. The van der Waals surface area contributed by atoms with Crippen molar-refractivity contribution in [3.05, 3.63) is 42.0 Å². The van der Waals surface area contributed by atoms with Gasteiger partial charge in [0.05, 0.1) is 5.92 Å². The molecule has 2 nitrogen and oxygen atoms in total. The maximum Gasteiger partial charge on any atom is 0.307 e. The molecule has 0 radical (unpaired) electrons. The minimum Gasteiger partial charge on any atom is -0.481 e. The molecule has 0 aromatic heterocycles. The summed E-state index contributed by atoms with van der Waals surface area (Å²) in [5, 5.41) is 8.78. The topological polar surface area (TPSA) is 37.3 Å². The Hall–Kier alpha value is -1.57. The van der Waals surface area contributed by atoms with Gasteiger partial charge >= 0.3 is 5.97 Å². The van der Waals surface area contributed by atoms with Crippen LogP contribution >= 0.6 is 0 Å². The van der Waals surface area contributed by atoms with E-state index in [1.54, 1.807) is 0 Å². The zero-order valence-corrected chi connectivity index (χ0v) is 8.68. The summed E-state index contributed by atoms with van der Waals surface area (Å²) in [7, 11) is 0. The van der Waals surface area contributed by atoms with Crippen LogP contribution in [0.5, 0.6) is 0 Å². The van der Waals surface area contributed by atoms with Gasteiger partial charge in [-0.3, -0.25) is 4.79 Å². The molecular weight excluding hydrogens is 188 g/mol. The minimum atomic E-state index is -0.669. The van der Waals surface area contributed by atoms with E-state index in [9.17, 15) is 4.79 Å². The third kappa shape index (κ3) is 2.27. The predicted octanol–water partition coefficient (Wildman–Crippen LogP) is 2.81. The number of carboxylic acids is 1. The van der Waals surface area contributed by atoms with Crippen molar-refractivity contribution in [1.29, 1.82) is 0 Å². The van der Waals surface area contributed by atoms with E-state index in [1.165, 1.54) is 11.1 Å². The molecular formula is C13H14O2. The molecule has 0 heterocycles. The molecule has 1 fully saturated rings. The Morgan fingerprint density at radius 1 is 1.40 bits per heavy atom. The van der Waals surface area contributed by atoms with E-state index in [-0.39, 0.29) is 11.8 Å². The van der Waals surface area contributed by atoms with Crippen LogP contribution in [0.4, 0.5) is 0 Å². The van der Waals surface area contributed by atoms with Crippen LogP contribution in [0.3, 0.4) is 0 Å². The summed E-state index contributed by atoms with van der Waals surface area (Å²) >= 11 is 0. The van der Waals surface area contributed by atoms with Crippen molar-refractivity contribution in [2.75, 3.05) is 0 Å². The molecule has 1 N–H and O–H groups in total. The van der Waals surface area contributed by atoms with Gasteiger partial charge in [-0.05, 0) is 30.4 Å². The Balaban J connectivity index is 2.07. The Morgan fingerprint density at radius 2 is 2.07 bits per heavy atom. The molecule has 2 atom stereocenters. The number of aliphatic carboxylic acids is 1. The van der Waals surface area contributed by atoms with Crippen LogP contribution in [0.2, 0.25) is 0 Å². The molecule has 1 aliphatic carbocycles. The number of carboxylic acid groups (broad SMARTS) is 1. The van der Waals surface area contributed by atoms with Gasteiger partial charge in [0.1, 0.15) is 0 Å². The molecule has 0 spiro atoms. The summed E-state index contributed by atoms with van der Waals surface area (Å²) < 4.78 is 0. The minimum absolute atomic E-state index is 0.149. The summed E-state index contributed by atoms with van der Waals surface area (Å²) in [5.74, 6) is -0.580. The van der Waals surface area contributed by atoms with Crippen molar-refractivity contribution < 1.29 is 9.90 Å². The third-order valence-corrected chi connectivity index (χ3v) is 2.85. The molecule has 78 valence electrons. The van der Waals surface area contributed by atoms with E-state index in [2.05, 4.69) is 6.08 Å². The highest BCUT2D eigenvalue weighted by Crippen LogP contribution is 2.41. The second kappa shape index (κ2) is 3.89. The molecule has 0 saturated heterocycles. The van der Waals surface area contributed by atoms with Crippen LogP contribution in [-0.4, -0.2) is 11.1 Å². The van der Waals surface area contributed by atoms with Crippen LogP contribution in [-0.2, 0) is 4.79 Å². The third-order valence-electron chi connectivity index (χ3n) is 2.85. The first-order valence-electron chi connectivity index (χ1n) is 5.15. The van der Waals surface area contributed by atoms with Crippen molar-refractivity contribution in [2.24, 2.45) is 11.8 Å². The summed E-state index contributed by atoms with van der Waals surface area (Å²) in [6.07, 6.45) is 2.87. The smallest absolute Gasteiger partial charge is 0.307 e. The van der Waals surface area contributed by atoms with Crippen molar-refractivity contribution in [1.82, 2.24) is 0 Å². The quantitative estimate of drug-likeness (QED) is 0.818. The summed E-state index contributed by atoms with van der Waals surface area (Å²) in [6, 6.07) is 10.1. The van der Waals surface area contributed by atoms with Crippen LogP contribution < -0.4 is 0 Å². The van der Waals surface area contributed by atoms with Crippen LogP contribution in [0.25, 0.3) is 5.57 Å². The molecule has 1 aromatic carbocycles. The van der Waals surface area contributed by atoms with Gasteiger partial charge in [0, 0.05) is 0 Å².